The molecule has 0 atom stereocenters. The Labute approximate surface area is 85.4 Å². The molecule has 0 fully saturated rings. The van der Waals surface area contributed by atoms with Gasteiger partial charge in [-0.15, -0.1) is 0 Å². The topological polar surface area (TPSA) is 0 Å². The molecular formula is C12H14S. The first-order valence-electron chi connectivity index (χ1n) is 4.27. The van der Waals surface area contributed by atoms with Crippen LogP contribution in [0.4, 0.5) is 0 Å². The van der Waals surface area contributed by atoms with E-state index < -0.39 is 0 Å². The Morgan fingerprint density at radius 3 is 2.46 bits per heavy atom. The first kappa shape index (κ1) is 10.1. The predicted octanol–water partition coefficient (Wildman–Crippen LogP) is 3.66. The van der Waals surface area contributed by atoms with E-state index in [1.54, 1.807) is 0 Å². The zero-order valence-electron chi connectivity index (χ0n) is 7.83. The van der Waals surface area contributed by atoms with Gasteiger partial charge in [-0.3, -0.25) is 0 Å². The summed E-state index contributed by atoms with van der Waals surface area (Å²) in [6.45, 7) is 5.90. The van der Waals surface area contributed by atoms with Crippen LogP contribution in [0.5, 0.6) is 0 Å². The molecule has 0 nitrogen and oxygen atoms in total. The van der Waals surface area contributed by atoms with E-state index in [9.17, 15) is 0 Å². The Morgan fingerprint density at radius 2 is 2.00 bits per heavy atom. The first-order valence-corrected chi connectivity index (χ1v) is 4.90. The van der Waals surface area contributed by atoms with Crippen LogP contribution < -0.4 is 0 Å². The highest BCUT2D eigenvalue weighted by Gasteiger charge is 1.91. The highest BCUT2D eigenvalue weighted by molar-refractivity contribution is 7.80. The standard InChI is InChI=1S/C12H14S/c1-10(2)12-7-5-11(6-8-12)4-3-9-13/h3-8,13H,1,9H2,2H3. The molecule has 0 unspecified atom stereocenters. The van der Waals surface area contributed by atoms with Gasteiger partial charge in [0.15, 0.2) is 0 Å². The monoisotopic (exact) mass is 190 g/mol. The summed E-state index contributed by atoms with van der Waals surface area (Å²) in [5.41, 5.74) is 3.51. The van der Waals surface area contributed by atoms with Gasteiger partial charge in [-0.05, 0) is 18.1 Å². The summed E-state index contributed by atoms with van der Waals surface area (Å²) in [5.74, 6) is 0.780. The fraction of sp³-hybridized carbons (Fsp3) is 0.167. The molecule has 0 saturated heterocycles. The molecule has 0 bridgehead atoms. The minimum atomic E-state index is 0.780. The lowest BCUT2D eigenvalue weighted by Crippen LogP contribution is -1.78. The average molecular weight is 190 g/mol. The quantitative estimate of drug-likeness (QED) is 0.691. The maximum absolute atomic E-state index is 4.10. The van der Waals surface area contributed by atoms with E-state index in [0.29, 0.717) is 0 Å². The fourth-order valence-electron chi connectivity index (χ4n) is 1.07. The van der Waals surface area contributed by atoms with Crippen molar-refractivity contribution in [1.82, 2.24) is 0 Å². The Hall–Kier alpha value is -0.950. The summed E-state index contributed by atoms with van der Waals surface area (Å²) >= 11 is 4.10. The Morgan fingerprint density at radius 1 is 1.38 bits per heavy atom. The smallest absolute Gasteiger partial charge is 0.00858 e. The van der Waals surface area contributed by atoms with Crippen molar-refractivity contribution in [2.24, 2.45) is 0 Å². The third-order valence-electron chi connectivity index (χ3n) is 1.82. The van der Waals surface area contributed by atoms with Crippen LogP contribution in [0.15, 0.2) is 36.9 Å². The number of hydrogen-bond acceptors (Lipinski definition) is 1. The lowest BCUT2D eigenvalue weighted by molar-refractivity contribution is 1.56. The van der Waals surface area contributed by atoms with Crippen molar-refractivity contribution in [2.75, 3.05) is 5.75 Å². The van der Waals surface area contributed by atoms with Crippen LogP contribution in [0.2, 0.25) is 0 Å². The molecule has 0 aliphatic heterocycles. The Balaban J connectivity index is 2.81. The van der Waals surface area contributed by atoms with Crippen LogP contribution in [0.1, 0.15) is 18.1 Å². The van der Waals surface area contributed by atoms with Crippen molar-refractivity contribution < 1.29 is 0 Å². The fourth-order valence-corrected chi connectivity index (χ4v) is 1.17. The zero-order valence-corrected chi connectivity index (χ0v) is 8.72. The lowest BCUT2D eigenvalue weighted by atomic mass is 10.1. The summed E-state index contributed by atoms with van der Waals surface area (Å²) in [6.07, 6.45) is 4.09. The summed E-state index contributed by atoms with van der Waals surface area (Å²) < 4.78 is 0. The highest BCUT2D eigenvalue weighted by atomic mass is 32.1. The van der Waals surface area contributed by atoms with Gasteiger partial charge in [0.2, 0.25) is 0 Å². The van der Waals surface area contributed by atoms with Gasteiger partial charge in [0, 0.05) is 5.75 Å². The second kappa shape index (κ2) is 4.93. The molecule has 0 aliphatic carbocycles. The van der Waals surface area contributed by atoms with Gasteiger partial charge in [0.1, 0.15) is 0 Å². The van der Waals surface area contributed by atoms with Gasteiger partial charge in [0.25, 0.3) is 0 Å². The zero-order chi connectivity index (χ0) is 9.68. The van der Waals surface area contributed by atoms with Crippen LogP contribution >= 0.6 is 12.6 Å². The second-order valence-corrected chi connectivity index (χ2v) is 3.35. The molecule has 13 heavy (non-hydrogen) atoms. The molecule has 0 N–H and O–H groups in total. The van der Waals surface area contributed by atoms with Crippen LogP contribution in [-0.4, -0.2) is 5.75 Å². The molecule has 0 aromatic heterocycles. The maximum Gasteiger partial charge on any atom is 0.00858 e. The second-order valence-electron chi connectivity index (χ2n) is 2.99. The molecule has 1 aromatic rings. The minimum Gasteiger partial charge on any atom is -0.175 e. The lowest BCUT2D eigenvalue weighted by Gasteiger charge is -1.99. The molecule has 0 heterocycles. The van der Waals surface area contributed by atoms with E-state index in [4.69, 9.17) is 0 Å². The number of thiol groups is 1. The Kier molecular flexibility index (Phi) is 3.84. The summed E-state index contributed by atoms with van der Waals surface area (Å²) in [6, 6.07) is 8.34. The average Bonchev–Trinajstić information content (AvgIpc) is 2.15. The summed E-state index contributed by atoms with van der Waals surface area (Å²) in [4.78, 5) is 0. The van der Waals surface area contributed by atoms with Crippen LogP contribution in [0.3, 0.4) is 0 Å². The van der Waals surface area contributed by atoms with E-state index in [-0.39, 0.29) is 0 Å². The van der Waals surface area contributed by atoms with Gasteiger partial charge >= 0.3 is 0 Å². The number of allylic oxidation sites excluding steroid dienone is 1. The molecule has 0 aliphatic rings. The van der Waals surface area contributed by atoms with Crippen LogP contribution in [0, 0.1) is 0 Å². The molecule has 0 spiro atoms. The molecule has 1 rings (SSSR count). The van der Waals surface area contributed by atoms with Gasteiger partial charge in [-0.1, -0.05) is 48.6 Å². The summed E-state index contributed by atoms with van der Waals surface area (Å²) in [5, 5.41) is 0. The van der Waals surface area contributed by atoms with Gasteiger partial charge in [-0.2, -0.15) is 12.6 Å². The van der Waals surface area contributed by atoms with Gasteiger partial charge < -0.3 is 0 Å². The molecule has 0 saturated carbocycles. The molecule has 1 heteroatoms. The van der Waals surface area contributed by atoms with Crippen LogP contribution in [0.25, 0.3) is 11.6 Å². The highest BCUT2D eigenvalue weighted by Crippen LogP contribution is 2.12. The largest absolute Gasteiger partial charge is 0.175 e. The number of rotatable bonds is 3. The van der Waals surface area contributed by atoms with E-state index in [1.807, 2.05) is 13.0 Å². The van der Waals surface area contributed by atoms with Crippen molar-refractivity contribution in [3.8, 4) is 0 Å². The van der Waals surface area contributed by atoms with E-state index >= 15 is 0 Å². The van der Waals surface area contributed by atoms with E-state index in [2.05, 4.69) is 49.5 Å². The minimum absolute atomic E-state index is 0.780. The Bertz CT molecular complexity index is 306. The maximum atomic E-state index is 4.10. The number of hydrogen-bond donors (Lipinski definition) is 1. The van der Waals surface area contributed by atoms with Crippen molar-refractivity contribution in [1.29, 1.82) is 0 Å². The van der Waals surface area contributed by atoms with E-state index in [1.165, 1.54) is 11.1 Å². The number of benzene rings is 1. The first-order chi connectivity index (χ1) is 6.24. The molecule has 68 valence electrons. The molecule has 1 aromatic carbocycles. The summed E-state index contributed by atoms with van der Waals surface area (Å²) in [7, 11) is 0. The van der Waals surface area contributed by atoms with Gasteiger partial charge in [-0.25, -0.2) is 0 Å². The third-order valence-corrected chi connectivity index (χ3v) is 2.03. The van der Waals surface area contributed by atoms with Crippen molar-refractivity contribution in [3.63, 3.8) is 0 Å². The predicted molar refractivity (Wildman–Crippen MR) is 64.0 cm³/mol. The van der Waals surface area contributed by atoms with Crippen LogP contribution in [-0.2, 0) is 0 Å². The van der Waals surface area contributed by atoms with Gasteiger partial charge in [0.05, 0.1) is 0 Å². The third kappa shape index (κ3) is 3.11. The SMILES string of the molecule is C=C(C)c1ccc(C=CCS)cc1. The molecular weight excluding hydrogens is 176 g/mol. The van der Waals surface area contributed by atoms with E-state index in [0.717, 1.165) is 11.3 Å². The van der Waals surface area contributed by atoms with Crippen molar-refractivity contribution in [3.05, 3.63) is 48.0 Å². The van der Waals surface area contributed by atoms with Crippen molar-refractivity contribution >= 4 is 24.3 Å². The molecule has 0 amide bonds. The molecule has 0 radical (unpaired) electrons. The van der Waals surface area contributed by atoms with Crippen molar-refractivity contribution in [2.45, 2.75) is 6.92 Å². The normalized spacial score (nSPS) is 10.6.